The van der Waals surface area contributed by atoms with Gasteiger partial charge in [0.05, 0.1) is 5.41 Å². The molecule has 0 radical (unpaired) electrons. The Morgan fingerprint density at radius 3 is 1.62 bits per heavy atom. The standard InChI is InChI=1S/C65H49N/c1-5-7-19-45(6-2)65(46-20-9-8-10-21-46)62-29-18-16-26-55(62)57-38-35-49(42-63(57)65)66(48-36-39-61-59(41-48)56-27-15-17-28-60(56)64(61,3)4)47-33-30-43(31-34-47)44-32-37-54-52-24-12-11-22-50(52)51-23-13-14-25-53(51)58(54)40-44/h5-42H,2H2,1,3-4H3/b7-5-,45-19+. The molecular weight excluding hydrogens is 795 g/mol. The van der Waals surface area contributed by atoms with Crippen LogP contribution >= 0.6 is 0 Å². The van der Waals surface area contributed by atoms with Crippen molar-refractivity contribution in [3.63, 3.8) is 0 Å². The zero-order valence-corrected chi connectivity index (χ0v) is 37.6. The van der Waals surface area contributed by atoms with Crippen LogP contribution in [0.4, 0.5) is 17.1 Å². The van der Waals surface area contributed by atoms with Crippen molar-refractivity contribution in [3.8, 4) is 33.4 Å². The van der Waals surface area contributed by atoms with Crippen molar-refractivity contribution in [2.75, 3.05) is 4.90 Å². The second kappa shape index (κ2) is 15.3. The zero-order valence-electron chi connectivity index (χ0n) is 37.6. The average molecular weight is 844 g/mol. The Labute approximate surface area is 388 Å². The molecule has 10 aromatic carbocycles. The average Bonchev–Trinajstić information content (AvgIpc) is 3.79. The highest BCUT2D eigenvalue weighted by Crippen LogP contribution is 2.58. The van der Waals surface area contributed by atoms with Crippen LogP contribution in [-0.4, -0.2) is 0 Å². The number of anilines is 3. The maximum Gasteiger partial charge on any atom is 0.0714 e. The maximum absolute atomic E-state index is 4.46. The molecule has 0 heterocycles. The normalized spacial score (nSPS) is 15.8. The highest BCUT2D eigenvalue weighted by molar-refractivity contribution is 6.25. The van der Waals surface area contributed by atoms with Crippen molar-refractivity contribution >= 4 is 49.4 Å². The van der Waals surface area contributed by atoms with E-state index < -0.39 is 5.41 Å². The van der Waals surface area contributed by atoms with Gasteiger partial charge in [0.1, 0.15) is 0 Å². The molecule has 10 aromatic rings. The van der Waals surface area contributed by atoms with Crippen LogP contribution in [0.2, 0.25) is 0 Å². The predicted molar refractivity (Wildman–Crippen MR) is 281 cm³/mol. The molecule has 2 aliphatic rings. The number of benzene rings is 10. The minimum Gasteiger partial charge on any atom is -0.310 e. The van der Waals surface area contributed by atoms with Gasteiger partial charge in [-0.05, 0) is 148 Å². The second-order valence-corrected chi connectivity index (χ2v) is 18.4. The Hall–Kier alpha value is -8.00. The van der Waals surface area contributed by atoms with Crippen LogP contribution in [0.25, 0.3) is 65.7 Å². The molecule has 0 bridgehead atoms. The maximum atomic E-state index is 4.46. The highest BCUT2D eigenvalue weighted by atomic mass is 15.1. The van der Waals surface area contributed by atoms with Crippen LogP contribution in [0.1, 0.15) is 48.6 Å². The topological polar surface area (TPSA) is 3.24 Å². The Kier molecular flexibility index (Phi) is 9.19. The number of nitrogens with zero attached hydrogens (tertiary/aromatic N) is 1. The first-order valence-corrected chi connectivity index (χ1v) is 23.2. The summed E-state index contributed by atoms with van der Waals surface area (Å²) in [7, 11) is 0. The van der Waals surface area contributed by atoms with Gasteiger partial charge >= 0.3 is 0 Å². The lowest BCUT2D eigenvalue weighted by molar-refractivity contribution is 0.660. The first-order valence-electron chi connectivity index (χ1n) is 23.2. The molecule has 0 aromatic heterocycles. The summed E-state index contributed by atoms with van der Waals surface area (Å²) < 4.78 is 0. The molecule has 12 rings (SSSR count). The summed E-state index contributed by atoms with van der Waals surface area (Å²) in [5.74, 6) is 0. The fraction of sp³-hybridized carbons (Fsp3) is 0.0769. The van der Waals surface area contributed by atoms with Crippen LogP contribution in [0.3, 0.4) is 0 Å². The minimum absolute atomic E-state index is 0.0939. The molecule has 314 valence electrons. The van der Waals surface area contributed by atoms with Gasteiger partial charge in [0, 0.05) is 22.5 Å². The summed E-state index contributed by atoms with van der Waals surface area (Å²) in [6.07, 6.45) is 8.54. The van der Waals surface area contributed by atoms with Crippen LogP contribution in [-0.2, 0) is 10.8 Å². The van der Waals surface area contributed by atoms with E-state index in [1.54, 1.807) is 0 Å². The molecule has 1 atom stereocenters. The van der Waals surface area contributed by atoms with Crippen molar-refractivity contribution in [1.29, 1.82) is 0 Å². The van der Waals surface area contributed by atoms with Gasteiger partial charge in [0.15, 0.2) is 0 Å². The zero-order chi connectivity index (χ0) is 44.6. The first-order chi connectivity index (χ1) is 32.4. The van der Waals surface area contributed by atoms with E-state index in [9.17, 15) is 0 Å². The molecule has 1 heteroatoms. The Morgan fingerprint density at radius 1 is 0.424 bits per heavy atom. The quantitative estimate of drug-likeness (QED) is 0.109. The van der Waals surface area contributed by atoms with Crippen molar-refractivity contribution in [2.24, 2.45) is 0 Å². The van der Waals surface area contributed by atoms with E-state index in [0.717, 1.165) is 22.6 Å². The summed E-state index contributed by atoms with van der Waals surface area (Å²) in [5.41, 5.74) is 17.7. The third-order valence-corrected chi connectivity index (χ3v) is 14.6. The van der Waals surface area contributed by atoms with E-state index in [1.807, 2.05) is 0 Å². The third-order valence-electron chi connectivity index (χ3n) is 14.6. The molecule has 0 N–H and O–H groups in total. The number of hydrogen-bond donors (Lipinski definition) is 0. The molecule has 1 nitrogen and oxygen atoms in total. The summed E-state index contributed by atoms with van der Waals surface area (Å²) in [4.78, 5) is 2.46. The van der Waals surface area contributed by atoms with Gasteiger partial charge in [0.25, 0.3) is 0 Å². The number of hydrogen-bond acceptors (Lipinski definition) is 1. The van der Waals surface area contributed by atoms with E-state index in [2.05, 4.69) is 263 Å². The molecule has 0 fully saturated rings. The number of rotatable bonds is 8. The van der Waals surface area contributed by atoms with E-state index in [0.29, 0.717) is 0 Å². The van der Waals surface area contributed by atoms with E-state index >= 15 is 0 Å². The summed E-state index contributed by atoms with van der Waals surface area (Å²) in [5, 5.41) is 7.70. The highest BCUT2D eigenvalue weighted by Gasteiger charge is 2.47. The lowest BCUT2D eigenvalue weighted by atomic mass is 9.67. The monoisotopic (exact) mass is 843 g/mol. The van der Waals surface area contributed by atoms with Crippen LogP contribution in [0.5, 0.6) is 0 Å². The van der Waals surface area contributed by atoms with Gasteiger partial charge in [-0.25, -0.2) is 0 Å². The van der Waals surface area contributed by atoms with Crippen molar-refractivity contribution in [2.45, 2.75) is 31.6 Å². The summed E-state index contributed by atoms with van der Waals surface area (Å²) in [6.45, 7) is 11.2. The van der Waals surface area contributed by atoms with Crippen molar-refractivity contribution < 1.29 is 0 Å². The third kappa shape index (κ3) is 5.79. The molecule has 2 aliphatic carbocycles. The predicted octanol–water partition coefficient (Wildman–Crippen LogP) is 17.6. The Balaban J connectivity index is 1.06. The molecule has 0 spiro atoms. The Bertz CT molecular complexity index is 3610. The van der Waals surface area contributed by atoms with Crippen LogP contribution in [0.15, 0.2) is 243 Å². The second-order valence-electron chi connectivity index (χ2n) is 18.4. The molecule has 0 amide bonds. The molecular formula is C65H49N. The fourth-order valence-electron chi connectivity index (χ4n) is 11.6. The van der Waals surface area contributed by atoms with Crippen LogP contribution < -0.4 is 4.90 Å². The lowest BCUT2D eigenvalue weighted by Gasteiger charge is -2.35. The fourth-order valence-corrected chi connectivity index (χ4v) is 11.6. The SMILES string of the molecule is C=C/C(=C\C=C/C)C1(c2ccccc2)c2ccccc2-c2ccc(N(c3ccc(-c4ccc5c6ccccc6c6ccccc6c5c4)cc3)c3ccc4c(c3)-c3ccccc3C4(C)C)cc21. The van der Waals surface area contributed by atoms with Crippen molar-refractivity contribution in [1.82, 2.24) is 0 Å². The summed E-state index contributed by atoms with van der Waals surface area (Å²) in [6, 6.07) is 76.9. The largest absolute Gasteiger partial charge is 0.310 e. The summed E-state index contributed by atoms with van der Waals surface area (Å²) >= 11 is 0. The first kappa shape index (κ1) is 39.6. The van der Waals surface area contributed by atoms with E-state index in [1.165, 1.54) is 93.5 Å². The number of fused-ring (bicyclic) bond motifs is 12. The van der Waals surface area contributed by atoms with Gasteiger partial charge < -0.3 is 4.90 Å². The molecule has 1 unspecified atom stereocenters. The lowest BCUT2D eigenvalue weighted by Crippen LogP contribution is -2.29. The smallest absolute Gasteiger partial charge is 0.0714 e. The van der Waals surface area contributed by atoms with Gasteiger partial charge in [-0.1, -0.05) is 209 Å². The molecule has 66 heavy (non-hydrogen) atoms. The van der Waals surface area contributed by atoms with Gasteiger partial charge in [-0.15, -0.1) is 0 Å². The van der Waals surface area contributed by atoms with E-state index in [4.69, 9.17) is 0 Å². The number of allylic oxidation sites excluding steroid dienone is 5. The molecule has 0 saturated carbocycles. The van der Waals surface area contributed by atoms with Gasteiger partial charge in [-0.2, -0.15) is 0 Å². The van der Waals surface area contributed by atoms with Crippen LogP contribution in [0, 0.1) is 0 Å². The molecule has 0 aliphatic heterocycles. The van der Waals surface area contributed by atoms with Gasteiger partial charge in [0.2, 0.25) is 0 Å². The van der Waals surface area contributed by atoms with E-state index in [-0.39, 0.29) is 5.41 Å². The Morgan fingerprint density at radius 2 is 0.939 bits per heavy atom. The van der Waals surface area contributed by atoms with Crippen molar-refractivity contribution in [3.05, 3.63) is 271 Å². The minimum atomic E-state index is -0.591. The molecule has 0 saturated heterocycles. The van der Waals surface area contributed by atoms with Gasteiger partial charge in [-0.3, -0.25) is 0 Å².